The lowest BCUT2D eigenvalue weighted by atomic mass is 10.2. The molecule has 1 N–H and O–H groups in total. The fourth-order valence-corrected chi connectivity index (χ4v) is 1.66. The van der Waals surface area contributed by atoms with Gasteiger partial charge in [-0.25, -0.2) is 0 Å². The third-order valence-corrected chi connectivity index (χ3v) is 2.73. The van der Waals surface area contributed by atoms with Gasteiger partial charge in [0.05, 0.1) is 18.5 Å². The molecule has 0 unspecified atom stereocenters. The number of amides is 1. The van der Waals surface area contributed by atoms with E-state index in [4.69, 9.17) is 4.74 Å². The van der Waals surface area contributed by atoms with Crippen molar-refractivity contribution in [3.05, 3.63) is 36.2 Å². The number of para-hydroxylation sites is 2. The quantitative estimate of drug-likeness (QED) is 0.820. The molecule has 2 rings (SSSR count). The maximum atomic E-state index is 12.0. The molecule has 0 bridgehead atoms. The Bertz CT molecular complexity index is 580. The summed E-state index contributed by atoms with van der Waals surface area (Å²) in [7, 11) is 1.71. The first-order valence-electron chi connectivity index (χ1n) is 6.60. The predicted molar refractivity (Wildman–Crippen MR) is 75.8 cm³/mol. The second kappa shape index (κ2) is 6.70. The summed E-state index contributed by atoms with van der Waals surface area (Å²) < 4.78 is 7.15. The summed E-state index contributed by atoms with van der Waals surface area (Å²) in [4.78, 5) is 12.0. The molecule has 0 atom stereocenters. The first-order chi connectivity index (χ1) is 9.70. The van der Waals surface area contributed by atoms with E-state index < -0.39 is 0 Å². The SMILES string of the molecule is CCCCOc1ccccc1NC(=O)c1cn(C)nn1. The number of benzene rings is 1. The number of hydrogen-bond donors (Lipinski definition) is 1. The zero-order valence-corrected chi connectivity index (χ0v) is 11.7. The molecule has 0 saturated carbocycles. The molecule has 0 fully saturated rings. The number of aromatic nitrogens is 3. The largest absolute Gasteiger partial charge is 0.491 e. The summed E-state index contributed by atoms with van der Waals surface area (Å²) in [5, 5.41) is 10.3. The number of nitrogens with zero attached hydrogens (tertiary/aromatic N) is 3. The van der Waals surface area contributed by atoms with Crippen LogP contribution >= 0.6 is 0 Å². The number of nitrogens with one attached hydrogen (secondary N) is 1. The van der Waals surface area contributed by atoms with E-state index in [-0.39, 0.29) is 11.6 Å². The number of hydrogen-bond acceptors (Lipinski definition) is 4. The van der Waals surface area contributed by atoms with E-state index in [0.29, 0.717) is 18.0 Å². The molecule has 0 aliphatic carbocycles. The van der Waals surface area contributed by atoms with E-state index in [1.807, 2.05) is 18.2 Å². The standard InChI is InChI=1S/C14H18N4O2/c1-3-4-9-20-13-8-6-5-7-11(13)15-14(19)12-10-18(2)17-16-12/h5-8,10H,3-4,9H2,1-2H3,(H,15,19). The van der Waals surface area contributed by atoms with E-state index in [1.165, 1.54) is 4.68 Å². The Balaban J connectivity index is 2.06. The zero-order valence-electron chi connectivity index (χ0n) is 11.7. The third kappa shape index (κ3) is 3.57. The van der Waals surface area contributed by atoms with Gasteiger partial charge >= 0.3 is 0 Å². The van der Waals surface area contributed by atoms with Crippen molar-refractivity contribution in [2.75, 3.05) is 11.9 Å². The van der Waals surface area contributed by atoms with Gasteiger partial charge in [0, 0.05) is 7.05 Å². The van der Waals surface area contributed by atoms with Crippen molar-refractivity contribution >= 4 is 11.6 Å². The van der Waals surface area contributed by atoms with E-state index in [0.717, 1.165) is 12.8 Å². The van der Waals surface area contributed by atoms with E-state index in [9.17, 15) is 4.79 Å². The summed E-state index contributed by atoms with van der Waals surface area (Å²) >= 11 is 0. The second-order valence-electron chi connectivity index (χ2n) is 4.43. The molecule has 20 heavy (non-hydrogen) atoms. The first-order valence-corrected chi connectivity index (χ1v) is 6.60. The van der Waals surface area contributed by atoms with Crippen LogP contribution in [0.15, 0.2) is 30.5 Å². The average Bonchev–Trinajstić information content (AvgIpc) is 2.88. The monoisotopic (exact) mass is 274 g/mol. The van der Waals surface area contributed by atoms with Crippen LogP contribution in [-0.4, -0.2) is 27.5 Å². The van der Waals surface area contributed by atoms with Crippen LogP contribution in [0.1, 0.15) is 30.3 Å². The van der Waals surface area contributed by atoms with Crippen LogP contribution in [0.3, 0.4) is 0 Å². The molecule has 1 amide bonds. The maximum Gasteiger partial charge on any atom is 0.277 e. The van der Waals surface area contributed by atoms with E-state index in [1.54, 1.807) is 19.3 Å². The highest BCUT2D eigenvalue weighted by Gasteiger charge is 2.12. The summed E-state index contributed by atoms with van der Waals surface area (Å²) in [5.74, 6) is 0.364. The fourth-order valence-electron chi connectivity index (χ4n) is 1.66. The molecule has 106 valence electrons. The molecule has 1 aromatic heterocycles. The van der Waals surface area contributed by atoms with Gasteiger partial charge in [0.15, 0.2) is 5.69 Å². The summed E-state index contributed by atoms with van der Waals surface area (Å²) in [6, 6.07) is 7.36. The molecule has 1 heterocycles. The highest BCUT2D eigenvalue weighted by molar-refractivity contribution is 6.03. The number of unbranched alkanes of at least 4 members (excludes halogenated alkanes) is 1. The Kier molecular flexibility index (Phi) is 4.70. The van der Waals surface area contributed by atoms with Crippen molar-refractivity contribution < 1.29 is 9.53 Å². The van der Waals surface area contributed by atoms with Crippen LogP contribution in [0.4, 0.5) is 5.69 Å². The van der Waals surface area contributed by atoms with Crippen molar-refractivity contribution in [1.29, 1.82) is 0 Å². The lowest BCUT2D eigenvalue weighted by molar-refractivity contribution is 0.102. The summed E-state index contributed by atoms with van der Waals surface area (Å²) in [6.07, 6.45) is 3.61. The Morgan fingerprint density at radius 1 is 1.40 bits per heavy atom. The molecule has 6 nitrogen and oxygen atoms in total. The number of carbonyl (C=O) groups is 1. The van der Waals surface area contributed by atoms with Crippen molar-refractivity contribution in [2.45, 2.75) is 19.8 Å². The molecule has 0 aliphatic rings. The minimum Gasteiger partial charge on any atom is -0.491 e. The Morgan fingerprint density at radius 3 is 2.90 bits per heavy atom. The minimum absolute atomic E-state index is 0.274. The Morgan fingerprint density at radius 2 is 2.20 bits per heavy atom. The van der Waals surface area contributed by atoms with Gasteiger partial charge in [0.1, 0.15) is 5.75 Å². The van der Waals surface area contributed by atoms with Gasteiger partial charge in [0.2, 0.25) is 0 Å². The molecule has 6 heteroatoms. The van der Waals surface area contributed by atoms with Crippen molar-refractivity contribution in [2.24, 2.45) is 7.05 Å². The smallest absolute Gasteiger partial charge is 0.277 e. The molecule has 0 aliphatic heterocycles. The summed E-state index contributed by atoms with van der Waals surface area (Å²) in [5.41, 5.74) is 0.912. The zero-order chi connectivity index (χ0) is 14.4. The Hall–Kier alpha value is -2.37. The maximum absolute atomic E-state index is 12.0. The van der Waals surface area contributed by atoms with Crippen LogP contribution < -0.4 is 10.1 Å². The van der Waals surface area contributed by atoms with Crippen LogP contribution in [0.2, 0.25) is 0 Å². The van der Waals surface area contributed by atoms with Gasteiger partial charge < -0.3 is 10.1 Å². The molecule has 1 aromatic carbocycles. The molecule has 0 radical (unpaired) electrons. The van der Waals surface area contributed by atoms with Crippen LogP contribution in [0.25, 0.3) is 0 Å². The fraction of sp³-hybridized carbons (Fsp3) is 0.357. The van der Waals surface area contributed by atoms with Gasteiger partial charge in [-0.3, -0.25) is 9.48 Å². The van der Waals surface area contributed by atoms with Gasteiger partial charge in [-0.1, -0.05) is 30.7 Å². The number of aryl methyl sites for hydroxylation is 1. The first kappa shape index (κ1) is 14.0. The normalized spacial score (nSPS) is 10.3. The van der Waals surface area contributed by atoms with Gasteiger partial charge in [0.25, 0.3) is 5.91 Å². The van der Waals surface area contributed by atoms with Gasteiger partial charge in [-0.15, -0.1) is 5.10 Å². The summed E-state index contributed by atoms with van der Waals surface area (Å²) in [6.45, 7) is 2.74. The molecule has 0 spiro atoms. The van der Waals surface area contributed by atoms with Crippen LogP contribution in [0, 0.1) is 0 Å². The number of ether oxygens (including phenoxy) is 1. The topological polar surface area (TPSA) is 69.0 Å². The predicted octanol–water partition coefficient (Wildman–Crippen LogP) is 2.25. The number of rotatable bonds is 6. The van der Waals surface area contributed by atoms with Crippen molar-refractivity contribution in [1.82, 2.24) is 15.0 Å². The van der Waals surface area contributed by atoms with E-state index in [2.05, 4.69) is 22.6 Å². The van der Waals surface area contributed by atoms with Gasteiger partial charge in [-0.2, -0.15) is 0 Å². The second-order valence-corrected chi connectivity index (χ2v) is 4.43. The number of anilines is 1. The van der Waals surface area contributed by atoms with Crippen molar-refractivity contribution in [3.8, 4) is 5.75 Å². The number of carbonyl (C=O) groups excluding carboxylic acids is 1. The molecular formula is C14H18N4O2. The Labute approximate surface area is 117 Å². The van der Waals surface area contributed by atoms with Crippen LogP contribution in [0.5, 0.6) is 5.75 Å². The lowest BCUT2D eigenvalue weighted by Gasteiger charge is -2.11. The minimum atomic E-state index is -0.301. The molecule has 2 aromatic rings. The highest BCUT2D eigenvalue weighted by Crippen LogP contribution is 2.24. The average molecular weight is 274 g/mol. The third-order valence-electron chi connectivity index (χ3n) is 2.73. The van der Waals surface area contributed by atoms with Crippen LogP contribution in [-0.2, 0) is 7.05 Å². The highest BCUT2D eigenvalue weighted by atomic mass is 16.5. The van der Waals surface area contributed by atoms with Gasteiger partial charge in [-0.05, 0) is 18.6 Å². The van der Waals surface area contributed by atoms with E-state index >= 15 is 0 Å². The molecule has 0 saturated heterocycles. The lowest BCUT2D eigenvalue weighted by Crippen LogP contribution is -2.13. The molecular weight excluding hydrogens is 256 g/mol. The van der Waals surface area contributed by atoms with Crippen molar-refractivity contribution in [3.63, 3.8) is 0 Å².